The molecule has 10 aromatic rings. The molecule has 0 unspecified atom stereocenters. The van der Waals surface area contributed by atoms with Crippen molar-refractivity contribution in [2.75, 3.05) is 6.61 Å². The van der Waals surface area contributed by atoms with Crippen molar-refractivity contribution in [2.45, 2.75) is 65.2 Å². The Hall–Kier alpha value is -5.45. The second kappa shape index (κ2) is 25.3. The molecule has 0 spiro atoms. The first-order valence-electron chi connectivity index (χ1n) is 27.1. The minimum atomic E-state index is -2.78. The molecule has 2 aliphatic rings. The summed E-state index contributed by atoms with van der Waals surface area (Å²) in [6.45, 7) is 13.8. The second-order valence-corrected chi connectivity index (χ2v) is 60.5. The Morgan fingerprint density at radius 2 is 0.615 bits per heavy atom. The normalized spacial score (nSPS) is 11.9. The number of hydrogen-bond acceptors (Lipinski definition) is 2. The number of benzene rings is 10. The van der Waals surface area contributed by atoms with E-state index in [1.807, 2.05) is 0 Å². The number of hydrogen-bond donors (Lipinski definition) is 2. The second-order valence-electron chi connectivity index (χ2n) is 22.6. The summed E-state index contributed by atoms with van der Waals surface area (Å²) in [5, 5.41) is 6.20. The van der Waals surface area contributed by atoms with Crippen LogP contribution in [0.5, 0.6) is 0 Å². The predicted molar refractivity (Wildman–Crippen MR) is 325 cm³/mol. The third-order valence-corrected chi connectivity index (χ3v) is 66.6. The molecule has 0 fully saturated rings. The molecule has 0 atom stereocenters. The Labute approximate surface area is 494 Å². The Morgan fingerprint density at radius 3 is 0.949 bits per heavy atom. The summed E-state index contributed by atoms with van der Waals surface area (Å²) >= 11 is -5.57. The number of rotatable bonds is 12. The van der Waals surface area contributed by atoms with E-state index in [1.165, 1.54) is 55.9 Å². The first kappa shape index (κ1) is 57.2. The molecule has 0 aromatic heterocycles. The zero-order valence-corrected chi connectivity index (χ0v) is 56.6. The Bertz CT molecular complexity index is 3290. The Balaban J connectivity index is 0.000000185. The van der Waals surface area contributed by atoms with Crippen molar-refractivity contribution in [2.24, 2.45) is 0 Å². The smallest absolute Gasteiger partial charge is 1.00 e. The van der Waals surface area contributed by atoms with Gasteiger partial charge < -0.3 is 24.8 Å². The van der Waals surface area contributed by atoms with E-state index in [-0.39, 0.29) is 35.6 Å². The molecular formula is C70H68Cl2Hf2N2Si2. The van der Waals surface area contributed by atoms with E-state index in [0.29, 0.717) is 0 Å². The first-order valence-corrected chi connectivity index (χ1v) is 50.2. The van der Waals surface area contributed by atoms with Crippen LogP contribution in [-0.4, -0.2) is 12.0 Å². The third kappa shape index (κ3) is 12.6. The van der Waals surface area contributed by atoms with Gasteiger partial charge in [-0.25, -0.2) is 0 Å². The van der Waals surface area contributed by atoms with Crippen LogP contribution in [0, 0.1) is 0 Å². The van der Waals surface area contributed by atoms with Gasteiger partial charge in [0.05, 0.1) is 0 Å². The molecule has 78 heavy (non-hydrogen) atoms. The largest absolute Gasteiger partial charge is 1.00 e. The van der Waals surface area contributed by atoms with E-state index >= 15 is 0 Å². The summed E-state index contributed by atoms with van der Waals surface area (Å²) in [4.78, 5) is 0. The molecule has 0 saturated heterocycles. The van der Waals surface area contributed by atoms with Crippen LogP contribution in [0.15, 0.2) is 255 Å². The van der Waals surface area contributed by atoms with Gasteiger partial charge in [0.1, 0.15) is 0 Å². The van der Waals surface area contributed by atoms with Gasteiger partial charge in [-0.05, 0) is 0 Å². The SMILES string of the molecule is CC(C)(C)c1cccc([NH][Hf+]([c]2cccc3c2Cc2ccccc2-3)[SiH](c2ccccc2)c2ccccc2)c1.CC(C)(C)c1cccc([NH][Hf+]([c]2cccc3c2Cc2ccccc2-3)[SiH](c2ccccc2)c2ccccc2)c1.[Cl-].[Cl-]. The van der Waals surface area contributed by atoms with Crippen molar-refractivity contribution < 1.29 is 66.6 Å². The van der Waals surface area contributed by atoms with Gasteiger partial charge in [0, 0.05) is 0 Å². The standard InChI is InChI=1S/2C13H9.2C12H11Si.2C10H14N.2ClH.2Hf/c2*1-3-7-12-10(5-1)9-11-6-2-4-8-13(11)12;2*1-3-7-11(8-4-1)13-12-9-5-2-6-10-12;2*1-10(2,3)8-5-4-6-9(11)7-8;;;;/h2*1-5,7-8H,9H2;2*1-10,13H;2*4-7,11H,1-3H3;2*1H;;/q;;;;2*-1;;;2*+2/p-2. The zero-order chi connectivity index (χ0) is 52.2. The topological polar surface area (TPSA) is 24.1 Å². The molecule has 0 aliphatic heterocycles. The molecule has 388 valence electrons. The van der Waals surface area contributed by atoms with Crippen LogP contribution in [0.4, 0.5) is 11.4 Å². The van der Waals surface area contributed by atoms with Crippen molar-refractivity contribution in [1.29, 1.82) is 0 Å². The maximum Gasteiger partial charge on any atom is -1.00 e. The van der Waals surface area contributed by atoms with Crippen LogP contribution < -0.4 is 58.8 Å². The van der Waals surface area contributed by atoms with Crippen LogP contribution >= 0.6 is 0 Å². The van der Waals surface area contributed by atoms with E-state index in [2.05, 4.69) is 303 Å². The molecule has 10 aromatic carbocycles. The van der Waals surface area contributed by atoms with Gasteiger partial charge in [0.2, 0.25) is 0 Å². The van der Waals surface area contributed by atoms with Gasteiger partial charge in [-0.15, -0.1) is 0 Å². The van der Waals surface area contributed by atoms with Gasteiger partial charge in [-0.1, -0.05) is 0 Å². The molecule has 12 rings (SSSR count). The van der Waals surface area contributed by atoms with Crippen molar-refractivity contribution in [1.82, 2.24) is 0 Å². The molecule has 2 N–H and O–H groups in total. The average molecular weight is 1420 g/mol. The molecule has 2 aliphatic carbocycles. The van der Waals surface area contributed by atoms with E-state index in [9.17, 15) is 0 Å². The Morgan fingerprint density at radius 1 is 0.321 bits per heavy atom. The van der Waals surface area contributed by atoms with Crippen LogP contribution in [0.2, 0.25) is 0 Å². The van der Waals surface area contributed by atoms with Crippen molar-refractivity contribution in [3.05, 3.63) is 288 Å². The number of halogens is 2. The average Bonchev–Trinajstić information content (AvgIpc) is 4.19. The molecule has 0 saturated carbocycles. The summed E-state index contributed by atoms with van der Waals surface area (Å²) in [6.07, 6.45) is 2.09. The fraction of sp³-hybridized carbons (Fsp3) is 0.143. The molecule has 0 radical (unpaired) electrons. The molecule has 0 heterocycles. The van der Waals surface area contributed by atoms with Crippen LogP contribution in [0.3, 0.4) is 0 Å². The Kier molecular flexibility index (Phi) is 18.6. The maximum atomic E-state index is 4.34. The summed E-state index contributed by atoms with van der Waals surface area (Å²) in [6, 6.07) is 96.2. The van der Waals surface area contributed by atoms with Gasteiger partial charge >= 0.3 is 475 Å². The first-order chi connectivity index (χ1) is 37.0. The fourth-order valence-electron chi connectivity index (χ4n) is 11.5. The predicted octanol–water partition coefficient (Wildman–Crippen LogP) is 6.74. The van der Waals surface area contributed by atoms with Crippen molar-refractivity contribution in [3.63, 3.8) is 0 Å². The summed E-state index contributed by atoms with van der Waals surface area (Å²) in [5.41, 5.74) is 17.4. The van der Waals surface area contributed by atoms with Gasteiger partial charge in [-0.2, -0.15) is 0 Å². The molecule has 2 nitrogen and oxygen atoms in total. The van der Waals surface area contributed by atoms with Gasteiger partial charge in [-0.3, -0.25) is 0 Å². The van der Waals surface area contributed by atoms with Crippen molar-refractivity contribution in [3.8, 4) is 22.3 Å². The van der Waals surface area contributed by atoms with E-state index < -0.39 is 53.8 Å². The van der Waals surface area contributed by atoms with Crippen LogP contribution in [0.25, 0.3) is 22.3 Å². The quantitative estimate of drug-likeness (QED) is 0.133. The molecule has 0 bridgehead atoms. The number of anilines is 2. The van der Waals surface area contributed by atoms with Crippen molar-refractivity contribution >= 4 is 50.7 Å². The third-order valence-electron chi connectivity index (χ3n) is 15.4. The van der Waals surface area contributed by atoms with E-state index in [4.69, 9.17) is 0 Å². The zero-order valence-electron chi connectivity index (χ0n) is 45.6. The molecular weight excluding hydrogens is 1350 g/mol. The minimum Gasteiger partial charge on any atom is -1.00 e. The van der Waals surface area contributed by atoms with E-state index in [1.54, 1.807) is 38.5 Å². The summed E-state index contributed by atoms with van der Waals surface area (Å²) in [7, 11) is 0. The minimum absolute atomic E-state index is 0. The monoisotopic (exact) mass is 1420 g/mol. The number of nitrogens with one attached hydrogen (secondary N) is 2. The molecule has 0 amide bonds. The summed E-state index contributed by atoms with van der Waals surface area (Å²) < 4.78 is 12.0. The maximum absolute atomic E-state index is 4.34. The molecule has 8 heteroatoms. The fourth-order valence-corrected chi connectivity index (χ4v) is 66.8. The number of fused-ring (bicyclic) bond motifs is 6. The summed E-state index contributed by atoms with van der Waals surface area (Å²) in [5.74, 6) is -3.10. The van der Waals surface area contributed by atoms with E-state index in [0.717, 1.165) is 12.8 Å². The van der Waals surface area contributed by atoms with Gasteiger partial charge in [0.25, 0.3) is 0 Å². The van der Waals surface area contributed by atoms with Crippen LogP contribution in [0.1, 0.15) is 74.9 Å². The van der Waals surface area contributed by atoms with Crippen LogP contribution in [-0.2, 0) is 65.5 Å². The van der Waals surface area contributed by atoms with Gasteiger partial charge in [0.15, 0.2) is 0 Å².